The number of fused-ring (bicyclic) bond motifs is 2. The number of carbonyl (C=O) groups excluding carboxylic acids is 1. The highest BCUT2D eigenvalue weighted by Crippen LogP contribution is 2.34. The largest absolute Gasteiger partial charge is 0.352 e. The van der Waals surface area contributed by atoms with Gasteiger partial charge in [0.05, 0.1) is 28.5 Å². The minimum Gasteiger partial charge on any atom is -0.352 e. The Morgan fingerprint density at radius 3 is 2.76 bits per heavy atom. The maximum absolute atomic E-state index is 11.8. The van der Waals surface area contributed by atoms with Crippen LogP contribution in [0.3, 0.4) is 0 Å². The lowest BCUT2D eigenvalue weighted by Gasteiger charge is -2.37. The lowest BCUT2D eigenvalue weighted by molar-refractivity contribution is 0.102. The van der Waals surface area contributed by atoms with E-state index in [1.54, 1.807) is 25.5 Å². The summed E-state index contributed by atoms with van der Waals surface area (Å²) < 4.78 is 0. The average Bonchev–Trinajstić information content (AvgIpc) is 3.64. The third-order valence-corrected chi connectivity index (χ3v) is 7.57. The molecule has 0 saturated carbocycles. The quantitative estimate of drug-likeness (QED) is 0.297. The number of thiophene rings is 1. The van der Waals surface area contributed by atoms with Crippen LogP contribution in [0.1, 0.15) is 16.6 Å². The van der Waals surface area contributed by atoms with Crippen molar-refractivity contribution in [3.8, 4) is 33.3 Å². The van der Waals surface area contributed by atoms with Gasteiger partial charge in [0.2, 0.25) is 0 Å². The summed E-state index contributed by atoms with van der Waals surface area (Å²) in [7, 11) is 0. The molecule has 4 N–H and O–H groups in total. The molecule has 0 unspecified atom stereocenters. The molecule has 0 aromatic carbocycles. The van der Waals surface area contributed by atoms with Gasteiger partial charge in [0.25, 0.3) is 0 Å². The number of ketones is 1. The first kappa shape index (κ1) is 21.7. The molecule has 1 aliphatic rings. The topological polar surface area (TPSA) is 155 Å². The lowest BCUT2D eigenvalue weighted by atomic mass is 10.1. The van der Waals surface area contributed by atoms with Crippen molar-refractivity contribution in [2.45, 2.75) is 13.0 Å². The van der Waals surface area contributed by atoms with Crippen LogP contribution in [0.5, 0.6) is 0 Å². The summed E-state index contributed by atoms with van der Waals surface area (Å²) in [6, 6.07) is 9.65. The number of aromatic nitrogens is 8. The first-order valence-corrected chi connectivity index (χ1v) is 12.5. The van der Waals surface area contributed by atoms with Crippen molar-refractivity contribution in [3.05, 3.63) is 53.8 Å². The van der Waals surface area contributed by atoms with E-state index in [2.05, 4.69) is 30.0 Å². The number of Topliss-reactive ketones (excluding diaryl/α,β-unsaturated/α-hetero) is 1. The fourth-order valence-corrected chi connectivity index (χ4v) is 5.36. The van der Waals surface area contributed by atoms with Gasteiger partial charge in [-0.25, -0.2) is 19.9 Å². The molecule has 0 bridgehead atoms. The van der Waals surface area contributed by atoms with Crippen molar-refractivity contribution in [1.82, 2.24) is 40.1 Å². The van der Waals surface area contributed by atoms with Gasteiger partial charge in [-0.3, -0.25) is 14.9 Å². The van der Waals surface area contributed by atoms with E-state index in [9.17, 15) is 4.79 Å². The van der Waals surface area contributed by atoms with Crippen LogP contribution in [0, 0.1) is 0 Å². The molecule has 0 atom stereocenters. The van der Waals surface area contributed by atoms with E-state index in [0.717, 1.165) is 34.9 Å². The minimum absolute atomic E-state index is 0.0396. The SMILES string of the molecule is CC(=O)c1ccc(-c2ccnc3[nH]c(-c4n[nH]c5ccc(-c6cncc(N7CC(N)C7)n6)nc45)nc23)s1. The number of hydrogen-bond acceptors (Lipinski definition) is 10. The Morgan fingerprint density at radius 2 is 1.95 bits per heavy atom. The number of imidazole rings is 1. The lowest BCUT2D eigenvalue weighted by Crippen LogP contribution is -2.56. The fourth-order valence-electron chi connectivity index (χ4n) is 4.43. The van der Waals surface area contributed by atoms with Crippen LogP contribution in [0.25, 0.3) is 55.5 Å². The van der Waals surface area contributed by atoms with Crippen molar-refractivity contribution >= 4 is 45.1 Å². The second-order valence-electron chi connectivity index (χ2n) is 8.95. The molecule has 11 nitrogen and oxygen atoms in total. The molecule has 0 aliphatic carbocycles. The highest BCUT2D eigenvalue weighted by molar-refractivity contribution is 7.17. The van der Waals surface area contributed by atoms with Crippen LogP contribution >= 0.6 is 11.3 Å². The van der Waals surface area contributed by atoms with Gasteiger partial charge in [-0.15, -0.1) is 11.3 Å². The van der Waals surface area contributed by atoms with Crippen LogP contribution in [0.4, 0.5) is 5.82 Å². The molecule has 1 fully saturated rings. The standard InChI is InChI=1S/C25H20N10OS/c1-12(36)18-4-5-19(37-18)14-6-7-28-24-21(14)31-25(32-24)23-22-16(33-34-23)3-2-15(30-22)17-8-27-9-20(29-17)35-10-13(26)11-35/h2-9,13H,10-11,26H2,1H3,(H,33,34)(H,28,31,32). The number of pyridine rings is 2. The van der Waals surface area contributed by atoms with Crippen molar-refractivity contribution in [2.75, 3.05) is 18.0 Å². The Morgan fingerprint density at radius 1 is 1.05 bits per heavy atom. The summed E-state index contributed by atoms with van der Waals surface area (Å²) in [5.41, 5.74) is 11.5. The van der Waals surface area contributed by atoms with Gasteiger partial charge in [0.1, 0.15) is 22.5 Å². The van der Waals surface area contributed by atoms with E-state index in [0.29, 0.717) is 44.5 Å². The number of nitrogens with zero attached hydrogens (tertiary/aromatic N) is 7. The number of rotatable bonds is 5. The maximum Gasteiger partial charge on any atom is 0.169 e. The molecule has 6 aromatic heterocycles. The Bertz CT molecular complexity index is 1810. The molecule has 6 aromatic rings. The number of nitrogens with one attached hydrogen (secondary N) is 2. The highest BCUT2D eigenvalue weighted by Gasteiger charge is 2.25. The van der Waals surface area contributed by atoms with Crippen molar-refractivity contribution in [2.24, 2.45) is 5.73 Å². The molecule has 0 spiro atoms. The predicted octanol–water partition coefficient (Wildman–Crippen LogP) is 3.43. The van der Waals surface area contributed by atoms with E-state index in [1.807, 2.05) is 30.3 Å². The van der Waals surface area contributed by atoms with E-state index in [1.165, 1.54) is 11.3 Å². The summed E-state index contributed by atoms with van der Waals surface area (Å²) in [5.74, 6) is 1.37. The molecular formula is C25H20N10OS. The van der Waals surface area contributed by atoms with E-state index < -0.39 is 0 Å². The summed E-state index contributed by atoms with van der Waals surface area (Å²) in [4.78, 5) is 42.1. The van der Waals surface area contributed by atoms with E-state index >= 15 is 0 Å². The summed E-state index contributed by atoms with van der Waals surface area (Å²) >= 11 is 1.44. The number of carbonyl (C=O) groups is 1. The Kier molecular flexibility index (Phi) is 4.84. The van der Waals surface area contributed by atoms with Gasteiger partial charge in [0.15, 0.2) is 22.9 Å². The zero-order valence-electron chi connectivity index (χ0n) is 19.6. The smallest absolute Gasteiger partial charge is 0.169 e. The minimum atomic E-state index is 0.0396. The maximum atomic E-state index is 11.8. The van der Waals surface area contributed by atoms with Crippen molar-refractivity contribution in [3.63, 3.8) is 0 Å². The summed E-state index contributed by atoms with van der Waals surface area (Å²) in [6.45, 7) is 3.09. The third-order valence-electron chi connectivity index (χ3n) is 6.35. The molecule has 1 saturated heterocycles. The molecule has 182 valence electrons. The van der Waals surface area contributed by atoms with Gasteiger partial charge >= 0.3 is 0 Å². The molecule has 0 radical (unpaired) electrons. The first-order valence-electron chi connectivity index (χ1n) is 11.7. The number of aromatic amines is 2. The van der Waals surface area contributed by atoms with Crippen LogP contribution in [-0.4, -0.2) is 65.0 Å². The molecule has 1 aliphatic heterocycles. The van der Waals surface area contributed by atoms with Gasteiger partial charge in [-0.1, -0.05) is 0 Å². The first-order chi connectivity index (χ1) is 18.0. The zero-order valence-corrected chi connectivity index (χ0v) is 20.5. The van der Waals surface area contributed by atoms with Crippen molar-refractivity contribution in [1.29, 1.82) is 0 Å². The number of nitrogens with two attached hydrogens (primary N) is 1. The molecule has 7 heterocycles. The molecular weight excluding hydrogens is 488 g/mol. The van der Waals surface area contributed by atoms with E-state index in [4.69, 9.17) is 20.7 Å². The monoisotopic (exact) mass is 508 g/mol. The average molecular weight is 509 g/mol. The van der Waals surface area contributed by atoms with Crippen LogP contribution in [-0.2, 0) is 0 Å². The van der Waals surface area contributed by atoms with E-state index in [-0.39, 0.29) is 11.8 Å². The van der Waals surface area contributed by atoms with Gasteiger partial charge < -0.3 is 15.6 Å². The highest BCUT2D eigenvalue weighted by atomic mass is 32.1. The summed E-state index contributed by atoms with van der Waals surface area (Å²) in [5, 5.41) is 7.53. The second-order valence-corrected chi connectivity index (χ2v) is 10.0. The third kappa shape index (κ3) is 3.65. The second kappa shape index (κ2) is 8.25. The van der Waals surface area contributed by atoms with Gasteiger partial charge in [0, 0.05) is 35.8 Å². The Balaban J connectivity index is 1.29. The number of hydrogen-bond donors (Lipinski definition) is 3. The van der Waals surface area contributed by atoms with Gasteiger partial charge in [-0.2, -0.15) is 5.10 Å². The van der Waals surface area contributed by atoms with Crippen LogP contribution < -0.4 is 10.6 Å². The molecule has 12 heteroatoms. The number of anilines is 1. The fraction of sp³-hybridized carbons (Fsp3) is 0.160. The zero-order chi connectivity index (χ0) is 25.1. The molecule has 7 rings (SSSR count). The van der Waals surface area contributed by atoms with Crippen molar-refractivity contribution < 1.29 is 4.79 Å². The normalized spacial score (nSPS) is 13.9. The predicted molar refractivity (Wildman–Crippen MR) is 141 cm³/mol. The molecule has 0 amide bonds. The Labute approximate surface area is 213 Å². The number of H-pyrrole nitrogens is 2. The van der Waals surface area contributed by atoms with Crippen LogP contribution in [0.15, 0.2) is 48.9 Å². The summed E-state index contributed by atoms with van der Waals surface area (Å²) in [6.07, 6.45) is 5.16. The van der Waals surface area contributed by atoms with Gasteiger partial charge in [-0.05, 0) is 37.3 Å². The van der Waals surface area contributed by atoms with Crippen LogP contribution in [0.2, 0.25) is 0 Å². The molecule has 37 heavy (non-hydrogen) atoms. The Hall–Kier alpha value is -4.55.